The molecule has 3 aromatic rings. The van der Waals surface area contributed by atoms with Crippen LogP contribution >= 0.6 is 11.8 Å². The Kier molecular flexibility index (Phi) is 11.2. The second-order valence-corrected chi connectivity index (χ2v) is 13.4. The first-order valence-corrected chi connectivity index (χ1v) is 17.0. The third-order valence-corrected chi connectivity index (χ3v) is 10.2. The molecule has 2 aliphatic rings. The van der Waals surface area contributed by atoms with Crippen molar-refractivity contribution >= 4 is 23.6 Å². The number of hydrogen-bond donors (Lipinski definition) is 0. The van der Waals surface area contributed by atoms with Crippen LogP contribution in [0.2, 0.25) is 0 Å². The fourth-order valence-electron chi connectivity index (χ4n) is 6.32. The number of methoxy groups -OCH3 is 2. The molecule has 3 atom stereocenters. The summed E-state index contributed by atoms with van der Waals surface area (Å²) in [4.78, 5) is 31.2. The van der Waals surface area contributed by atoms with E-state index < -0.39 is 11.7 Å². The molecule has 0 radical (unpaired) electrons. The lowest BCUT2D eigenvalue weighted by molar-refractivity contribution is -0.138. The molecule has 1 fully saturated rings. The zero-order valence-corrected chi connectivity index (χ0v) is 28.4. The number of para-hydroxylation sites is 1. The number of benzene rings is 3. The van der Waals surface area contributed by atoms with E-state index in [0.717, 1.165) is 41.4 Å². The third-order valence-electron chi connectivity index (χ3n) is 9.05. The second-order valence-electron chi connectivity index (χ2n) is 12.3. The number of rotatable bonds is 11. The van der Waals surface area contributed by atoms with Crippen molar-refractivity contribution in [3.8, 4) is 11.5 Å². The van der Waals surface area contributed by atoms with Crippen LogP contribution in [-0.2, 0) is 17.4 Å². The predicted molar refractivity (Wildman–Crippen MR) is 183 cm³/mol. The first kappa shape index (κ1) is 35.1. The quantitative estimate of drug-likeness (QED) is 0.206. The van der Waals surface area contributed by atoms with Crippen molar-refractivity contribution in [3.63, 3.8) is 0 Å². The molecule has 0 spiro atoms. The van der Waals surface area contributed by atoms with Crippen LogP contribution in [-0.4, -0.2) is 67.3 Å². The van der Waals surface area contributed by atoms with Gasteiger partial charge in [-0.1, -0.05) is 55.0 Å². The van der Waals surface area contributed by atoms with Gasteiger partial charge in [-0.3, -0.25) is 9.59 Å². The maximum atomic E-state index is 13.5. The largest absolute Gasteiger partial charge is 0.497 e. The molecule has 48 heavy (non-hydrogen) atoms. The summed E-state index contributed by atoms with van der Waals surface area (Å²) < 4.78 is 49.9. The Morgan fingerprint density at radius 2 is 1.65 bits per heavy atom. The molecule has 1 aliphatic heterocycles. The van der Waals surface area contributed by atoms with E-state index in [1.54, 1.807) is 35.8 Å². The summed E-state index contributed by atoms with van der Waals surface area (Å²) in [5, 5.41) is 0. The van der Waals surface area contributed by atoms with Gasteiger partial charge in [-0.25, -0.2) is 0 Å². The minimum Gasteiger partial charge on any atom is -0.497 e. The van der Waals surface area contributed by atoms with Crippen molar-refractivity contribution in [2.45, 2.75) is 44.8 Å². The molecular weight excluding hydrogens is 637 g/mol. The number of hydrogen-bond acceptors (Lipinski definition) is 5. The van der Waals surface area contributed by atoms with E-state index in [1.165, 1.54) is 28.2 Å². The highest BCUT2D eigenvalue weighted by Gasteiger charge is 2.34. The summed E-state index contributed by atoms with van der Waals surface area (Å²) in [5.74, 6) is 2.03. The minimum absolute atomic E-state index is 0.0474. The van der Waals surface area contributed by atoms with Gasteiger partial charge >= 0.3 is 6.18 Å². The van der Waals surface area contributed by atoms with E-state index in [2.05, 4.69) is 30.4 Å². The molecule has 0 N–H and O–H groups in total. The molecule has 1 saturated heterocycles. The zero-order valence-electron chi connectivity index (χ0n) is 27.6. The van der Waals surface area contributed by atoms with Gasteiger partial charge in [0.1, 0.15) is 11.5 Å². The molecule has 2 amide bonds. The highest BCUT2D eigenvalue weighted by Crippen LogP contribution is 2.45. The second kappa shape index (κ2) is 15.4. The zero-order chi connectivity index (χ0) is 34.4. The van der Waals surface area contributed by atoms with Gasteiger partial charge in [0.2, 0.25) is 5.91 Å². The van der Waals surface area contributed by atoms with Crippen LogP contribution in [0.25, 0.3) is 0 Å². The summed E-state index contributed by atoms with van der Waals surface area (Å²) in [7, 11) is 3.35. The number of carbonyl (C=O) groups excluding carboxylic acids is 2. The first-order chi connectivity index (χ1) is 23.0. The lowest BCUT2D eigenvalue weighted by Gasteiger charge is -2.40. The van der Waals surface area contributed by atoms with Gasteiger partial charge in [0.25, 0.3) is 5.91 Å². The molecule has 3 aromatic carbocycles. The summed E-state index contributed by atoms with van der Waals surface area (Å²) >= 11 is 1.77. The van der Waals surface area contributed by atoms with Crippen LogP contribution in [0.3, 0.4) is 0 Å². The van der Waals surface area contributed by atoms with E-state index >= 15 is 0 Å². The smallest absolute Gasteiger partial charge is 0.416 e. The average molecular weight is 679 g/mol. The Hall–Kier alpha value is -4.18. The maximum absolute atomic E-state index is 13.5. The number of halogens is 3. The molecule has 0 saturated carbocycles. The molecule has 1 heterocycles. The SMILES string of the molecule is COc1ccc(C2C(Cc3ccccc3OC)=CC=C2SCCC(C)C(=O)N2CCN(C(=O)c3ccc(C(F)(F)F)cc3)C(C)C2)cc1. The van der Waals surface area contributed by atoms with E-state index in [-0.39, 0.29) is 35.3 Å². The Morgan fingerprint density at radius 3 is 2.29 bits per heavy atom. The molecular formula is C38H41F3N2O4S. The Balaban J connectivity index is 1.17. The highest BCUT2D eigenvalue weighted by atomic mass is 32.2. The standard InChI is InChI=1S/C38H41F3N2O4S/c1-25(36(44)42-20-21-43(26(2)24-42)37(45)28-9-14-31(15-10-28)38(39,40)41)19-22-48-34-18-13-30(23-29-7-5-6-8-33(29)47-4)35(34)27-11-16-32(46-3)17-12-27/h5-18,25-26,35H,19-24H2,1-4H3. The number of nitrogens with zero attached hydrogens (tertiary/aromatic N) is 2. The number of carbonyl (C=O) groups is 2. The van der Waals surface area contributed by atoms with Gasteiger partial charge in [-0.15, -0.1) is 11.8 Å². The van der Waals surface area contributed by atoms with Crippen LogP contribution < -0.4 is 9.47 Å². The summed E-state index contributed by atoms with van der Waals surface area (Å²) in [6.45, 7) is 4.90. The lowest BCUT2D eigenvalue weighted by Crippen LogP contribution is -2.56. The van der Waals surface area contributed by atoms with Crippen LogP contribution in [0.5, 0.6) is 11.5 Å². The normalized spacial score (nSPS) is 18.6. The fourth-order valence-corrected chi connectivity index (χ4v) is 7.64. The van der Waals surface area contributed by atoms with Crippen molar-refractivity contribution in [1.82, 2.24) is 9.80 Å². The van der Waals surface area contributed by atoms with Crippen LogP contribution in [0.15, 0.2) is 95.4 Å². The van der Waals surface area contributed by atoms with Crippen LogP contribution in [0.4, 0.5) is 13.2 Å². The molecule has 0 bridgehead atoms. The van der Waals surface area contributed by atoms with Crippen molar-refractivity contribution in [3.05, 3.63) is 118 Å². The van der Waals surface area contributed by atoms with Crippen molar-refractivity contribution in [2.24, 2.45) is 5.92 Å². The topological polar surface area (TPSA) is 59.1 Å². The Bertz CT molecular complexity index is 1650. The van der Waals surface area contributed by atoms with Crippen LogP contribution in [0, 0.1) is 5.92 Å². The third kappa shape index (κ3) is 8.09. The van der Waals surface area contributed by atoms with E-state index in [0.29, 0.717) is 26.1 Å². The van der Waals surface area contributed by atoms with Gasteiger partial charge < -0.3 is 19.3 Å². The molecule has 1 aliphatic carbocycles. The number of allylic oxidation sites excluding steroid dienone is 4. The van der Waals surface area contributed by atoms with Gasteiger partial charge in [0.05, 0.1) is 19.8 Å². The molecule has 10 heteroatoms. The average Bonchev–Trinajstić information content (AvgIpc) is 3.49. The van der Waals surface area contributed by atoms with Crippen LogP contribution in [0.1, 0.15) is 53.2 Å². The molecule has 0 aromatic heterocycles. The molecule has 3 unspecified atom stereocenters. The number of piperazine rings is 1. The summed E-state index contributed by atoms with van der Waals surface area (Å²) in [6.07, 6.45) is 1.37. The number of thioether (sulfide) groups is 1. The van der Waals surface area contributed by atoms with Gasteiger partial charge in [-0.05, 0) is 84.0 Å². The van der Waals surface area contributed by atoms with E-state index in [9.17, 15) is 22.8 Å². The predicted octanol–water partition coefficient (Wildman–Crippen LogP) is 8.01. The molecule has 5 rings (SSSR count). The van der Waals surface area contributed by atoms with E-state index in [4.69, 9.17) is 9.47 Å². The van der Waals surface area contributed by atoms with Gasteiger partial charge in [0.15, 0.2) is 0 Å². The van der Waals surface area contributed by atoms with E-state index in [1.807, 2.05) is 44.2 Å². The summed E-state index contributed by atoms with van der Waals surface area (Å²) in [5.41, 5.74) is 2.98. The first-order valence-electron chi connectivity index (χ1n) is 16.1. The number of amides is 2. The Labute approximate surface area is 284 Å². The molecule has 6 nitrogen and oxygen atoms in total. The number of ether oxygens (including phenoxy) is 2. The molecule has 254 valence electrons. The van der Waals surface area contributed by atoms with Gasteiger partial charge in [0, 0.05) is 43.1 Å². The maximum Gasteiger partial charge on any atom is 0.416 e. The monoisotopic (exact) mass is 678 g/mol. The fraction of sp³-hybridized carbons (Fsp3) is 0.368. The van der Waals surface area contributed by atoms with Crippen molar-refractivity contribution in [1.29, 1.82) is 0 Å². The highest BCUT2D eigenvalue weighted by molar-refractivity contribution is 8.03. The Morgan fingerprint density at radius 1 is 0.938 bits per heavy atom. The van der Waals surface area contributed by atoms with Crippen molar-refractivity contribution < 1.29 is 32.2 Å². The van der Waals surface area contributed by atoms with Crippen molar-refractivity contribution in [2.75, 3.05) is 39.6 Å². The minimum atomic E-state index is -4.46. The van der Waals surface area contributed by atoms with Gasteiger partial charge in [-0.2, -0.15) is 13.2 Å². The summed E-state index contributed by atoms with van der Waals surface area (Å²) in [6, 6.07) is 20.3. The number of alkyl halides is 3. The lowest BCUT2D eigenvalue weighted by atomic mass is 9.89.